The molecule has 0 unspecified atom stereocenters. The molecule has 0 amide bonds. The zero-order valence-electron chi connectivity index (χ0n) is 11.3. The molecule has 1 N–H and O–H groups in total. The van der Waals surface area contributed by atoms with E-state index in [1.54, 1.807) is 6.20 Å². The second-order valence-corrected chi connectivity index (χ2v) is 5.22. The van der Waals surface area contributed by atoms with Crippen molar-refractivity contribution in [3.63, 3.8) is 0 Å². The van der Waals surface area contributed by atoms with Crippen LogP contribution in [0, 0.1) is 0 Å². The van der Waals surface area contributed by atoms with Crippen molar-refractivity contribution in [1.29, 1.82) is 0 Å². The number of piperidine rings is 1. The van der Waals surface area contributed by atoms with Gasteiger partial charge in [-0.2, -0.15) is 5.10 Å². The zero-order chi connectivity index (χ0) is 13.1. The van der Waals surface area contributed by atoms with Crippen LogP contribution in [0.25, 0.3) is 5.69 Å². The maximum atomic E-state index is 4.23. The van der Waals surface area contributed by atoms with Gasteiger partial charge in [-0.25, -0.2) is 4.68 Å². The largest absolute Gasteiger partial charge is 0.382 e. The Morgan fingerprint density at radius 3 is 2.53 bits per heavy atom. The summed E-state index contributed by atoms with van der Waals surface area (Å²) in [5, 5.41) is 7.85. The number of nitrogens with one attached hydrogen (secondary N) is 1. The van der Waals surface area contributed by atoms with E-state index < -0.39 is 0 Å². The molecule has 0 bridgehead atoms. The first-order valence-electron chi connectivity index (χ1n) is 6.86. The number of hydrogen-bond acceptors (Lipinski definition) is 3. The molecule has 2 aromatic rings. The van der Waals surface area contributed by atoms with Gasteiger partial charge < -0.3 is 10.2 Å². The van der Waals surface area contributed by atoms with Crippen LogP contribution in [-0.2, 0) is 0 Å². The third-order valence-electron chi connectivity index (χ3n) is 3.73. The Morgan fingerprint density at radius 1 is 1.16 bits per heavy atom. The van der Waals surface area contributed by atoms with Crippen LogP contribution in [0.1, 0.15) is 12.8 Å². The highest BCUT2D eigenvalue weighted by atomic mass is 15.3. The first kappa shape index (κ1) is 12.2. The van der Waals surface area contributed by atoms with Gasteiger partial charge in [0, 0.05) is 24.1 Å². The highest BCUT2D eigenvalue weighted by Crippen LogP contribution is 2.17. The van der Waals surface area contributed by atoms with E-state index in [2.05, 4.69) is 46.6 Å². The molecule has 0 atom stereocenters. The standard InChI is InChI=1S/C15H20N4/c1-18-11-7-14(8-12-18)17-13-3-5-15(6-4-13)19-10-2-9-16-19/h2-6,9-10,14,17H,7-8,11-12H2,1H3. The lowest BCUT2D eigenvalue weighted by atomic mass is 10.1. The average Bonchev–Trinajstić information content (AvgIpc) is 2.96. The Morgan fingerprint density at radius 2 is 1.89 bits per heavy atom. The number of aromatic nitrogens is 2. The summed E-state index contributed by atoms with van der Waals surface area (Å²) >= 11 is 0. The van der Waals surface area contributed by atoms with E-state index in [0.717, 1.165) is 5.69 Å². The molecule has 19 heavy (non-hydrogen) atoms. The summed E-state index contributed by atoms with van der Waals surface area (Å²) in [4.78, 5) is 2.39. The van der Waals surface area contributed by atoms with Crippen molar-refractivity contribution in [3.8, 4) is 5.69 Å². The van der Waals surface area contributed by atoms with Gasteiger partial charge in [0.15, 0.2) is 0 Å². The van der Waals surface area contributed by atoms with E-state index in [-0.39, 0.29) is 0 Å². The number of nitrogens with zero attached hydrogens (tertiary/aromatic N) is 3. The summed E-state index contributed by atoms with van der Waals surface area (Å²) in [6.45, 7) is 2.37. The summed E-state index contributed by atoms with van der Waals surface area (Å²) in [5.74, 6) is 0. The quantitative estimate of drug-likeness (QED) is 0.915. The molecule has 0 spiro atoms. The van der Waals surface area contributed by atoms with Crippen molar-refractivity contribution in [1.82, 2.24) is 14.7 Å². The minimum absolute atomic E-state index is 0.603. The minimum Gasteiger partial charge on any atom is -0.382 e. The lowest BCUT2D eigenvalue weighted by Gasteiger charge is -2.30. The summed E-state index contributed by atoms with van der Waals surface area (Å²) in [6, 6.07) is 11.0. The Balaban J connectivity index is 1.63. The molecule has 4 nitrogen and oxygen atoms in total. The summed E-state index contributed by atoms with van der Waals surface area (Å²) in [6.07, 6.45) is 6.19. The molecule has 1 aromatic carbocycles. The Hall–Kier alpha value is -1.81. The van der Waals surface area contributed by atoms with E-state index in [1.165, 1.54) is 31.6 Å². The van der Waals surface area contributed by atoms with Crippen LogP contribution < -0.4 is 5.32 Å². The van der Waals surface area contributed by atoms with Crippen molar-refractivity contribution in [2.45, 2.75) is 18.9 Å². The van der Waals surface area contributed by atoms with Crippen LogP contribution in [-0.4, -0.2) is 40.9 Å². The van der Waals surface area contributed by atoms with Gasteiger partial charge in [0.2, 0.25) is 0 Å². The number of hydrogen-bond donors (Lipinski definition) is 1. The van der Waals surface area contributed by atoms with E-state index in [9.17, 15) is 0 Å². The molecule has 1 fully saturated rings. The van der Waals surface area contributed by atoms with Crippen LogP contribution in [0.4, 0.5) is 5.69 Å². The third kappa shape index (κ3) is 2.96. The van der Waals surface area contributed by atoms with Gasteiger partial charge in [-0.1, -0.05) is 0 Å². The topological polar surface area (TPSA) is 33.1 Å². The highest BCUT2D eigenvalue weighted by Gasteiger charge is 2.15. The average molecular weight is 256 g/mol. The molecule has 4 heteroatoms. The van der Waals surface area contributed by atoms with Gasteiger partial charge in [-0.3, -0.25) is 0 Å². The van der Waals surface area contributed by atoms with Crippen molar-refractivity contribution >= 4 is 5.69 Å². The fourth-order valence-corrected chi connectivity index (χ4v) is 2.52. The lowest BCUT2D eigenvalue weighted by molar-refractivity contribution is 0.264. The molecule has 1 aliphatic heterocycles. The normalized spacial score (nSPS) is 17.5. The predicted molar refractivity (Wildman–Crippen MR) is 77.7 cm³/mol. The van der Waals surface area contributed by atoms with Gasteiger partial charge in [-0.05, 0) is 63.3 Å². The predicted octanol–water partition coefficient (Wildman–Crippen LogP) is 2.38. The summed E-state index contributed by atoms with van der Waals surface area (Å²) in [5.41, 5.74) is 2.30. The second kappa shape index (κ2) is 5.45. The SMILES string of the molecule is CN1CCC(Nc2ccc(-n3cccn3)cc2)CC1. The van der Waals surface area contributed by atoms with Gasteiger partial charge in [0.25, 0.3) is 0 Å². The van der Waals surface area contributed by atoms with Crippen molar-refractivity contribution in [2.75, 3.05) is 25.5 Å². The zero-order valence-corrected chi connectivity index (χ0v) is 11.3. The summed E-state index contributed by atoms with van der Waals surface area (Å²) < 4.78 is 1.87. The Kier molecular flexibility index (Phi) is 3.51. The van der Waals surface area contributed by atoms with Crippen LogP contribution in [0.3, 0.4) is 0 Å². The third-order valence-corrected chi connectivity index (χ3v) is 3.73. The molecule has 0 aliphatic carbocycles. The summed E-state index contributed by atoms with van der Waals surface area (Å²) in [7, 11) is 2.19. The lowest BCUT2D eigenvalue weighted by Crippen LogP contribution is -2.36. The van der Waals surface area contributed by atoms with Gasteiger partial charge in [0.1, 0.15) is 0 Å². The van der Waals surface area contributed by atoms with Crippen LogP contribution in [0.15, 0.2) is 42.7 Å². The number of rotatable bonds is 3. The van der Waals surface area contributed by atoms with Crippen LogP contribution in [0.5, 0.6) is 0 Å². The molecular formula is C15H20N4. The van der Waals surface area contributed by atoms with Gasteiger partial charge in [0.05, 0.1) is 5.69 Å². The smallest absolute Gasteiger partial charge is 0.0647 e. The number of likely N-dealkylation sites (tertiary alicyclic amines) is 1. The molecule has 1 aromatic heterocycles. The number of benzene rings is 1. The molecule has 1 aliphatic rings. The van der Waals surface area contributed by atoms with Crippen molar-refractivity contribution in [3.05, 3.63) is 42.7 Å². The van der Waals surface area contributed by atoms with E-state index in [0.29, 0.717) is 6.04 Å². The van der Waals surface area contributed by atoms with Crippen molar-refractivity contribution < 1.29 is 0 Å². The first-order chi connectivity index (χ1) is 9.31. The minimum atomic E-state index is 0.603. The van der Waals surface area contributed by atoms with Crippen LogP contribution in [0.2, 0.25) is 0 Å². The monoisotopic (exact) mass is 256 g/mol. The molecule has 1 saturated heterocycles. The Labute approximate surface area is 114 Å². The maximum absolute atomic E-state index is 4.23. The molecule has 3 rings (SSSR count). The second-order valence-electron chi connectivity index (χ2n) is 5.22. The Bertz CT molecular complexity index is 495. The highest BCUT2D eigenvalue weighted by molar-refractivity contribution is 5.49. The molecule has 2 heterocycles. The van der Waals surface area contributed by atoms with Gasteiger partial charge >= 0.3 is 0 Å². The van der Waals surface area contributed by atoms with Crippen LogP contribution >= 0.6 is 0 Å². The van der Waals surface area contributed by atoms with E-state index >= 15 is 0 Å². The molecule has 100 valence electrons. The fourth-order valence-electron chi connectivity index (χ4n) is 2.52. The fraction of sp³-hybridized carbons (Fsp3) is 0.400. The van der Waals surface area contributed by atoms with E-state index in [1.807, 2.05) is 16.9 Å². The van der Waals surface area contributed by atoms with Gasteiger partial charge in [-0.15, -0.1) is 0 Å². The number of anilines is 1. The van der Waals surface area contributed by atoms with Crippen molar-refractivity contribution in [2.24, 2.45) is 0 Å². The molecular weight excluding hydrogens is 236 g/mol. The van der Waals surface area contributed by atoms with E-state index in [4.69, 9.17) is 0 Å². The molecule has 0 saturated carbocycles. The molecule has 0 radical (unpaired) electrons. The maximum Gasteiger partial charge on any atom is 0.0647 e. The first-order valence-corrected chi connectivity index (χ1v) is 6.86.